The van der Waals surface area contributed by atoms with Crippen LogP contribution in [-0.2, 0) is 9.59 Å². The molecule has 30 heavy (non-hydrogen) atoms. The number of allylic oxidation sites excluding steroid dienone is 2. The predicted octanol–water partition coefficient (Wildman–Crippen LogP) is 2.50. The highest BCUT2D eigenvalue weighted by Gasteiger charge is 2.44. The smallest absolute Gasteiger partial charge is 0.262 e. The van der Waals surface area contributed by atoms with Gasteiger partial charge in [-0.15, -0.1) is 0 Å². The molecule has 1 saturated heterocycles. The summed E-state index contributed by atoms with van der Waals surface area (Å²) in [5.74, 6) is -2.32. The lowest BCUT2D eigenvalue weighted by molar-refractivity contribution is -0.398. The molecule has 1 amide bonds. The van der Waals surface area contributed by atoms with Crippen LogP contribution in [0.1, 0.15) is 50.0 Å². The van der Waals surface area contributed by atoms with E-state index in [4.69, 9.17) is 0 Å². The Bertz CT molecular complexity index is 962. The van der Waals surface area contributed by atoms with E-state index in [2.05, 4.69) is 11.9 Å². The molecule has 158 valence electrons. The number of Topliss-reactive ketones (excluding diaryl/α,β-unsaturated/α-hetero) is 1. The predicted molar refractivity (Wildman–Crippen MR) is 107 cm³/mol. The summed E-state index contributed by atoms with van der Waals surface area (Å²) in [6.45, 7) is 5.37. The van der Waals surface area contributed by atoms with Crippen LogP contribution in [0.15, 0.2) is 41.7 Å². The van der Waals surface area contributed by atoms with Gasteiger partial charge in [-0.05, 0) is 43.4 Å². The van der Waals surface area contributed by atoms with E-state index in [1.807, 2.05) is 0 Å². The Morgan fingerprint density at radius 1 is 1.17 bits per heavy atom. The summed E-state index contributed by atoms with van der Waals surface area (Å²) in [5, 5.41) is 26.5. The fourth-order valence-electron chi connectivity index (χ4n) is 4.83. The number of carbonyl (C=O) groups is 2. The van der Waals surface area contributed by atoms with E-state index in [1.54, 1.807) is 4.90 Å². The quantitative estimate of drug-likeness (QED) is 0.605. The van der Waals surface area contributed by atoms with Gasteiger partial charge in [-0.2, -0.15) is 0 Å². The first-order valence-electron chi connectivity index (χ1n) is 10.3. The van der Waals surface area contributed by atoms with Crippen molar-refractivity contribution < 1.29 is 19.6 Å². The number of carbonyl (C=O) groups excluding carboxylic acids is 2. The fraction of sp³-hybridized carbons (Fsp3) is 0.455. The van der Waals surface area contributed by atoms with Gasteiger partial charge in [0.1, 0.15) is 0 Å². The molecule has 0 radical (unpaired) electrons. The maximum absolute atomic E-state index is 13.5. The van der Waals surface area contributed by atoms with Gasteiger partial charge in [0, 0.05) is 48.5 Å². The van der Waals surface area contributed by atoms with Crippen LogP contribution in [0.5, 0.6) is 5.75 Å². The number of nitro benzene ring substituents is 1. The van der Waals surface area contributed by atoms with E-state index in [1.165, 1.54) is 12.1 Å². The van der Waals surface area contributed by atoms with E-state index in [-0.39, 0.29) is 11.7 Å². The minimum absolute atomic E-state index is 0.0634. The van der Waals surface area contributed by atoms with Crippen molar-refractivity contribution in [2.45, 2.75) is 44.4 Å². The Morgan fingerprint density at radius 2 is 1.90 bits per heavy atom. The summed E-state index contributed by atoms with van der Waals surface area (Å²) < 4.78 is 0. The number of amides is 1. The summed E-state index contributed by atoms with van der Waals surface area (Å²) in [6, 6.07) is 3.87. The number of hydrogen-bond acceptors (Lipinski definition) is 6. The minimum Gasteiger partial charge on any atom is -0.868 e. The lowest BCUT2D eigenvalue weighted by atomic mass is 9.71. The third kappa shape index (κ3) is 3.46. The van der Waals surface area contributed by atoms with Crippen LogP contribution in [0.4, 0.5) is 5.69 Å². The zero-order valence-corrected chi connectivity index (χ0v) is 16.7. The van der Waals surface area contributed by atoms with Gasteiger partial charge in [-0.25, -0.2) is 0 Å². The molecule has 1 aliphatic carbocycles. The average molecular weight is 410 g/mol. The van der Waals surface area contributed by atoms with Crippen LogP contribution in [0, 0.1) is 16.0 Å². The van der Waals surface area contributed by atoms with Crippen LogP contribution < -0.4 is 10.4 Å². The van der Waals surface area contributed by atoms with E-state index in [9.17, 15) is 24.8 Å². The Hall–Kier alpha value is -3.16. The van der Waals surface area contributed by atoms with Crippen LogP contribution in [-0.4, -0.2) is 34.6 Å². The van der Waals surface area contributed by atoms with E-state index in [0.29, 0.717) is 49.2 Å². The summed E-state index contributed by atoms with van der Waals surface area (Å²) in [5.41, 5.74) is 1.61. The van der Waals surface area contributed by atoms with Gasteiger partial charge in [0.2, 0.25) is 5.91 Å². The number of hydrogen-bond donors (Lipinski definition) is 1. The van der Waals surface area contributed by atoms with Gasteiger partial charge in [0.25, 0.3) is 5.69 Å². The van der Waals surface area contributed by atoms with Crippen molar-refractivity contribution in [3.05, 3.63) is 57.4 Å². The van der Waals surface area contributed by atoms with E-state index >= 15 is 0 Å². The second-order valence-electron chi connectivity index (χ2n) is 8.14. The maximum atomic E-state index is 13.5. The SMILES string of the molecule is C=C1NC2=C(C(=O)CCC2)C(c2ccc([O-])c([N+](=O)[O-])c2)C1C(=O)N1CCCCC1. The summed E-state index contributed by atoms with van der Waals surface area (Å²) in [7, 11) is 0. The maximum Gasteiger partial charge on any atom is 0.262 e. The van der Waals surface area contributed by atoms with Crippen molar-refractivity contribution in [3.8, 4) is 5.75 Å². The number of piperidine rings is 1. The van der Waals surface area contributed by atoms with Crippen molar-refractivity contribution in [1.29, 1.82) is 0 Å². The third-order valence-electron chi connectivity index (χ3n) is 6.26. The first kappa shape index (κ1) is 20.1. The molecule has 2 heterocycles. The van der Waals surface area contributed by atoms with Crippen molar-refractivity contribution in [2.24, 2.45) is 5.92 Å². The molecule has 8 heteroatoms. The highest BCUT2D eigenvalue weighted by atomic mass is 16.6. The molecule has 1 aromatic carbocycles. The van der Waals surface area contributed by atoms with Crippen molar-refractivity contribution in [2.75, 3.05) is 13.1 Å². The third-order valence-corrected chi connectivity index (χ3v) is 6.26. The number of nitrogens with zero attached hydrogens (tertiary/aromatic N) is 2. The van der Waals surface area contributed by atoms with Crippen molar-refractivity contribution >= 4 is 17.4 Å². The fourth-order valence-corrected chi connectivity index (χ4v) is 4.83. The van der Waals surface area contributed by atoms with E-state index < -0.39 is 28.2 Å². The molecule has 1 aromatic rings. The Kier molecular flexibility index (Phi) is 5.32. The average Bonchev–Trinajstić information content (AvgIpc) is 2.73. The largest absolute Gasteiger partial charge is 0.868 e. The molecule has 2 aliphatic heterocycles. The van der Waals surface area contributed by atoms with Crippen LogP contribution in [0.2, 0.25) is 0 Å². The second kappa shape index (κ2) is 7.93. The van der Waals surface area contributed by atoms with Crippen LogP contribution in [0.25, 0.3) is 0 Å². The molecule has 3 aliphatic rings. The monoisotopic (exact) mass is 410 g/mol. The molecule has 1 N–H and O–H groups in total. The standard InChI is InChI=1S/C22H25N3O5/c1-13-19(22(28)24-10-3-2-4-11-24)20(21-15(23-13)6-5-7-18(21)27)14-8-9-17(26)16(12-14)25(29)30/h8-9,12,19-20,23,26H,1-7,10-11H2/p-1. The van der Waals surface area contributed by atoms with Gasteiger partial charge in [-0.3, -0.25) is 19.7 Å². The lowest BCUT2D eigenvalue weighted by Crippen LogP contribution is -2.47. The zero-order valence-electron chi connectivity index (χ0n) is 16.7. The van der Waals surface area contributed by atoms with Crippen LogP contribution >= 0.6 is 0 Å². The van der Waals surface area contributed by atoms with Gasteiger partial charge in [0.15, 0.2) is 5.78 Å². The topological polar surface area (TPSA) is 116 Å². The molecule has 2 unspecified atom stereocenters. The minimum atomic E-state index is -0.749. The summed E-state index contributed by atoms with van der Waals surface area (Å²) in [6.07, 6.45) is 4.65. The highest BCUT2D eigenvalue weighted by Crippen LogP contribution is 2.46. The molecule has 0 bridgehead atoms. The molecular formula is C22H24N3O5-. The lowest BCUT2D eigenvalue weighted by Gasteiger charge is -2.41. The number of benzene rings is 1. The van der Waals surface area contributed by atoms with Crippen molar-refractivity contribution in [3.63, 3.8) is 0 Å². The molecule has 4 rings (SSSR count). The molecule has 0 spiro atoms. The number of nitrogens with one attached hydrogen (secondary N) is 1. The summed E-state index contributed by atoms with van der Waals surface area (Å²) >= 11 is 0. The number of ketones is 1. The molecular weight excluding hydrogens is 386 g/mol. The summed E-state index contributed by atoms with van der Waals surface area (Å²) in [4.78, 5) is 38.8. The van der Waals surface area contributed by atoms with Gasteiger partial charge in [0.05, 0.1) is 10.8 Å². The number of rotatable bonds is 3. The zero-order chi connectivity index (χ0) is 21.4. The Labute approximate surface area is 174 Å². The molecule has 0 aromatic heterocycles. The first-order valence-corrected chi connectivity index (χ1v) is 10.3. The van der Waals surface area contributed by atoms with Gasteiger partial charge < -0.3 is 15.3 Å². The Morgan fingerprint density at radius 3 is 2.60 bits per heavy atom. The molecule has 1 fully saturated rings. The number of nitro groups is 1. The van der Waals surface area contributed by atoms with E-state index in [0.717, 1.165) is 31.0 Å². The Balaban J connectivity index is 1.84. The van der Waals surface area contributed by atoms with Crippen molar-refractivity contribution in [1.82, 2.24) is 10.2 Å². The van der Waals surface area contributed by atoms with Gasteiger partial charge in [-0.1, -0.05) is 18.7 Å². The molecule has 8 nitrogen and oxygen atoms in total. The van der Waals surface area contributed by atoms with Gasteiger partial charge >= 0.3 is 0 Å². The molecule has 0 saturated carbocycles. The first-order chi connectivity index (χ1) is 14.4. The molecule has 2 atom stereocenters. The second-order valence-corrected chi connectivity index (χ2v) is 8.14. The normalized spacial score (nSPS) is 24.3. The highest BCUT2D eigenvalue weighted by molar-refractivity contribution is 6.00. The van der Waals surface area contributed by atoms with Crippen LogP contribution in [0.3, 0.4) is 0 Å². The number of likely N-dealkylation sites (tertiary alicyclic amines) is 1.